The first-order chi connectivity index (χ1) is 27.6. The maximum atomic E-state index is 13.9. The highest BCUT2D eigenvalue weighted by Crippen LogP contribution is 2.34. The molecule has 6 aromatic rings. The van der Waals surface area contributed by atoms with Crippen LogP contribution < -0.4 is 14.5 Å². The number of benzene rings is 4. The fourth-order valence-electron chi connectivity index (χ4n) is 7.80. The van der Waals surface area contributed by atoms with E-state index in [9.17, 15) is 20.1 Å². The van der Waals surface area contributed by atoms with E-state index in [0.717, 1.165) is 44.9 Å². The molecule has 8 rings (SSSR count). The molecule has 0 N–H and O–H groups in total. The van der Waals surface area contributed by atoms with Crippen molar-refractivity contribution in [1.82, 2.24) is 29.5 Å². The maximum Gasteiger partial charge on any atom is 0.343 e. The zero-order valence-electron chi connectivity index (χ0n) is 32.2. The van der Waals surface area contributed by atoms with Crippen molar-refractivity contribution in [2.75, 3.05) is 30.0 Å². The van der Waals surface area contributed by atoms with E-state index in [-0.39, 0.29) is 0 Å². The van der Waals surface area contributed by atoms with E-state index in [1.165, 1.54) is 7.11 Å². The summed E-state index contributed by atoms with van der Waals surface area (Å²) in [5.74, 6) is 2.12. The third-order valence-electron chi connectivity index (χ3n) is 10.8. The first kappa shape index (κ1) is 36.6. The van der Waals surface area contributed by atoms with Gasteiger partial charge in [-0.2, -0.15) is 10.5 Å². The molecule has 57 heavy (non-hydrogen) atoms. The van der Waals surface area contributed by atoms with Crippen molar-refractivity contribution in [3.05, 3.63) is 123 Å². The number of nitriles is 2. The fourth-order valence-corrected chi connectivity index (χ4v) is 7.80. The smallest absolute Gasteiger partial charge is 0.343 e. The Bertz CT molecular complexity index is 2700. The molecule has 2 aromatic heterocycles. The first-order valence-corrected chi connectivity index (χ1v) is 18.5. The molecule has 0 amide bonds. The molecule has 0 unspecified atom stereocenters. The number of carbonyl (C=O) groups is 2. The summed E-state index contributed by atoms with van der Waals surface area (Å²) in [6.45, 7) is 10.9. The second-order valence-corrected chi connectivity index (χ2v) is 14.3. The van der Waals surface area contributed by atoms with Gasteiger partial charge in [-0.1, -0.05) is 24.3 Å². The van der Waals surface area contributed by atoms with Gasteiger partial charge in [0.1, 0.15) is 17.9 Å². The van der Waals surface area contributed by atoms with Crippen molar-refractivity contribution in [2.45, 2.75) is 53.9 Å². The Kier molecular flexibility index (Phi) is 9.47. The van der Waals surface area contributed by atoms with Crippen molar-refractivity contribution in [2.24, 2.45) is 0 Å². The minimum absolute atomic E-state index is 0.298. The summed E-state index contributed by atoms with van der Waals surface area (Å²) < 4.78 is 15.1. The van der Waals surface area contributed by atoms with Gasteiger partial charge in [-0.25, -0.2) is 9.59 Å². The molecule has 2 aliphatic rings. The first-order valence-electron chi connectivity index (χ1n) is 18.5. The van der Waals surface area contributed by atoms with Crippen LogP contribution in [-0.2, 0) is 30.9 Å². The summed E-state index contributed by atoms with van der Waals surface area (Å²) in [6, 6.07) is 24.6. The number of para-hydroxylation sites is 1. The van der Waals surface area contributed by atoms with Gasteiger partial charge in [0.2, 0.25) is 0 Å². The minimum Gasteiger partial charge on any atom is -0.465 e. The van der Waals surface area contributed by atoms with Gasteiger partial charge in [-0.3, -0.25) is 0 Å². The summed E-state index contributed by atoms with van der Waals surface area (Å²) in [7, 11) is 1.36. The largest absolute Gasteiger partial charge is 0.465 e. The van der Waals surface area contributed by atoms with Gasteiger partial charge in [-0.15, -0.1) is 20.4 Å². The summed E-state index contributed by atoms with van der Waals surface area (Å²) in [5.41, 5.74) is 8.42. The molecule has 0 spiro atoms. The number of methoxy groups -OCH3 is 1. The lowest BCUT2D eigenvalue weighted by Gasteiger charge is -2.30. The molecular weight excluding hydrogens is 721 g/mol. The Balaban J connectivity index is 1.03. The fraction of sp³-hybridized carbons (Fsp3) is 0.256. The Morgan fingerprint density at radius 3 is 1.70 bits per heavy atom. The van der Waals surface area contributed by atoms with Gasteiger partial charge in [0, 0.05) is 43.4 Å². The van der Waals surface area contributed by atoms with Gasteiger partial charge >= 0.3 is 11.9 Å². The SMILES string of the molecule is COC(=O)c1cc(-c2nnc3n2CCN(c2cc(OC(=O)c4cc(-c5nnc6n5CCN(c5ccccc5C#N)C6)c(C)cc4C)ccc2C#N)C3)c(C)cc1C. The third-order valence-corrected chi connectivity index (χ3v) is 10.8. The molecular formula is C43H38N10O4. The van der Waals surface area contributed by atoms with E-state index in [2.05, 4.69) is 42.0 Å². The molecule has 284 valence electrons. The second kappa shape index (κ2) is 14.7. The van der Waals surface area contributed by atoms with E-state index >= 15 is 0 Å². The summed E-state index contributed by atoms with van der Waals surface area (Å²) >= 11 is 0. The molecule has 0 saturated heterocycles. The second-order valence-electron chi connectivity index (χ2n) is 14.3. The highest BCUT2D eigenvalue weighted by molar-refractivity contribution is 5.95. The number of nitrogens with zero attached hydrogens (tertiary/aromatic N) is 10. The van der Waals surface area contributed by atoms with E-state index in [1.54, 1.807) is 24.3 Å². The lowest BCUT2D eigenvalue weighted by Crippen LogP contribution is -2.34. The van der Waals surface area contributed by atoms with Gasteiger partial charge in [0.25, 0.3) is 0 Å². The lowest BCUT2D eigenvalue weighted by atomic mass is 9.99. The summed E-state index contributed by atoms with van der Waals surface area (Å²) in [4.78, 5) is 30.5. The molecule has 4 heterocycles. The molecule has 14 heteroatoms. The van der Waals surface area contributed by atoms with Crippen LogP contribution in [0.25, 0.3) is 22.8 Å². The number of fused-ring (bicyclic) bond motifs is 2. The number of ether oxygens (including phenoxy) is 2. The molecule has 0 fully saturated rings. The van der Waals surface area contributed by atoms with Crippen LogP contribution >= 0.6 is 0 Å². The number of hydrogen-bond donors (Lipinski definition) is 0. The van der Waals surface area contributed by atoms with Gasteiger partial charge in [0.15, 0.2) is 23.3 Å². The molecule has 0 bridgehead atoms. The minimum atomic E-state index is -0.537. The number of aryl methyl sites for hydroxylation is 4. The Morgan fingerprint density at radius 2 is 1.14 bits per heavy atom. The highest BCUT2D eigenvalue weighted by Gasteiger charge is 2.28. The monoisotopic (exact) mass is 758 g/mol. The maximum absolute atomic E-state index is 13.9. The number of hydrogen-bond acceptors (Lipinski definition) is 12. The summed E-state index contributed by atoms with van der Waals surface area (Å²) in [5, 5.41) is 37.8. The van der Waals surface area contributed by atoms with Crippen molar-refractivity contribution in [3.63, 3.8) is 0 Å². The number of carbonyl (C=O) groups excluding carboxylic acids is 2. The van der Waals surface area contributed by atoms with Crippen LogP contribution in [0.1, 0.15) is 65.7 Å². The van der Waals surface area contributed by atoms with Crippen LogP contribution in [-0.4, -0.2) is 61.7 Å². The van der Waals surface area contributed by atoms with Crippen LogP contribution in [0.5, 0.6) is 5.75 Å². The van der Waals surface area contributed by atoms with Crippen molar-refractivity contribution < 1.29 is 19.1 Å². The van der Waals surface area contributed by atoms with E-state index in [0.29, 0.717) is 90.4 Å². The zero-order valence-corrected chi connectivity index (χ0v) is 32.2. The van der Waals surface area contributed by atoms with Gasteiger partial charge in [0.05, 0.1) is 53.8 Å². The third kappa shape index (κ3) is 6.61. The molecule has 14 nitrogen and oxygen atoms in total. The van der Waals surface area contributed by atoms with Crippen LogP contribution in [0.3, 0.4) is 0 Å². The average Bonchev–Trinajstić information content (AvgIpc) is 3.84. The molecule has 2 aliphatic heterocycles. The Hall–Kier alpha value is -7.32. The van der Waals surface area contributed by atoms with Crippen LogP contribution in [0.15, 0.2) is 66.7 Å². The predicted octanol–water partition coefficient (Wildman–Crippen LogP) is 6.23. The highest BCUT2D eigenvalue weighted by atomic mass is 16.5. The van der Waals surface area contributed by atoms with Crippen molar-refractivity contribution in [1.29, 1.82) is 10.5 Å². The predicted molar refractivity (Wildman–Crippen MR) is 211 cm³/mol. The summed E-state index contributed by atoms with van der Waals surface area (Å²) in [6.07, 6.45) is 0. The number of aromatic nitrogens is 6. The average molecular weight is 759 g/mol. The Labute approximate surface area is 329 Å². The van der Waals surface area contributed by atoms with Crippen LogP contribution in [0, 0.1) is 50.4 Å². The molecule has 0 aliphatic carbocycles. The van der Waals surface area contributed by atoms with E-state index < -0.39 is 11.9 Å². The van der Waals surface area contributed by atoms with Crippen molar-refractivity contribution >= 4 is 23.3 Å². The van der Waals surface area contributed by atoms with Crippen LogP contribution in [0.4, 0.5) is 11.4 Å². The molecule has 0 saturated carbocycles. The van der Waals surface area contributed by atoms with Gasteiger partial charge < -0.3 is 28.4 Å². The van der Waals surface area contributed by atoms with E-state index in [4.69, 9.17) is 9.47 Å². The quantitative estimate of drug-likeness (QED) is 0.133. The van der Waals surface area contributed by atoms with Gasteiger partial charge in [-0.05, 0) is 86.3 Å². The van der Waals surface area contributed by atoms with Crippen LogP contribution in [0.2, 0.25) is 0 Å². The number of esters is 2. The standard InChI is InChI=1S/C43H38N10O4/c1-25-16-27(3)34(42(54)56-5)19-32(25)40-48-47-39-24-51(13-15-53(39)40)37-18-31(11-10-30(37)22-45)57-43(55)35-20-33(26(2)17-28(35)4)41-49-46-38-23-50(12-14-52(38)41)36-9-7-6-8-29(36)21-44/h6-11,16-20H,12-15,23-24H2,1-5H3. The lowest BCUT2D eigenvalue weighted by molar-refractivity contribution is 0.0599. The molecule has 0 radical (unpaired) electrons. The zero-order chi connectivity index (χ0) is 40.0. The van der Waals surface area contributed by atoms with Crippen molar-refractivity contribution in [3.8, 4) is 40.7 Å². The number of anilines is 2. The topological polar surface area (TPSA) is 168 Å². The van der Waals surface area contributed by atoms with E-state index in [1.807, 2.05) is 79.6 Å². The molecule has 0 atom stereocenters. The molecule has 4 aromatic carbocycles. The Morgan fingerprint density at radius 1 is 0.614 bits per heavy atom. The number of rotatable bonds is 7. The normalized spacial score (nSPS) is 13.3.